The SMILES string of the molecule is Cc1cn([C@@H]2OC(CO)[C@H](O)C2[SeH])c(=O)[nH]c1=O. The van der Waals surface area contributed by atoms with Gasteiger partial charge in [0.2, 0.25) is 0 Å². The van der Waals surface area contributed by atoms with Gasteiger partial charge in [-0.15, -0.1) is 0 Å². The van der Waals surface area contributed by atoms with Crippen molar-refractivity contribution in [2.45, 2.75) is 30.2 Å². The summed E-state index contributed by atoms with van der Waals surface area (Å²) >= 11 is 2.22. The van der Waals surface area contributed by atoms with E-state index < -0.39 is 34.5 Å². The van der Waals surface area contributed by atoms with E-state index in [-0.39, 0.29) is 6.61 Å². The fraction of sp³-hybridized carbons (Fsp3) is 0.600. The van der Waals surface area contributed by atoms with Gasteiger partial charge in [-0.1, -0.05) is 0 Å². The van der Waals surface area contributed by atoms with Crippen molar-refractivity contribution in [1.82, 2.24) is 9.55 Å². The molecule has 2 rings (SSSR count). The van der Waals surface area contributed by atoms with Crippen molar-refractivity contribution in [2.24, 2.45) is 0 Å². The van der Waals surface area contributed by atoms with Crippen LogP contribution in [0.2, 0.25) is 4.82 Å². The number of hydrogen-bond donors (Lipinski definition) is 3. The summed E-state index contributed by atoms with van der Waals surface area (Å²) in [6.45, 7) is 1.24. The van der Waals surface area contributed by atoms with Crippen LogP contribution >= 0.6 is 0 Å². The molecular formula is C10H14N2O5Se. The normalized spacial score (nSPS) is 31.8. The Kier molecular flexibility index (Phi) is 3.74. The molecule has 0 spiro atoms. The molecular weight excluding hydrogens is 307 g/mol. The van der Waals surface area contributed by atoms with Gasteiger partial charge in [-0.05, 0) is 0 Å². The van der Waals surface area contributed by atoms with Gasteiger partial charge in [0.15, 0.2) is 0 Å². The van der Waals surface area contributed by atoms with Gasteiger partial charge in [0.25, 0.3) is 0 Å². The minimum atomic E-state index is -0.876. The summed E-state index contributed by atoms with van der Waals surface area (Å²) < 4.78 is 6.64. The number of aliphatic hydroxyl groups excluding tert-OH is 2. The Morgan fingerprint density at radius 1 is 1.56 bits per heavy atom. The average Bonchev–Trinajstić information content (AvgIpc) is 2.61. The van der Waals surface area contributed by atoms with Gasteiger partial charge in [-0.25, -0.2) is 0 Å². The first-order valence-electron chi connectivity index (χ1n) is 5.40. The van der Waals surface area contributed by atoms with Crippen LogP contribution in [-0.2, 0) is 4.74 Å². The van der Waals surface area contributed by atoms with Crippen molar-refractivity contribution < 1.29 is 14.9 Å². The first kappa shape index (κ1) is 13.5. The van der Waals surface area contributed by atoms with Gasteiger partial charge in [0.05, 0.1) is 0 Å². The van der Waals surface area contributed by atoms with Crippen LogP contribution in [0, 0.1) is 6.92 Å². The standard InChI is InChI=1S/C10H14N2O5Se/c1-4-2-12(10(16)11-8(4)15)9-7(18)6(14)5(3-13)17-9/h2,5-7,9,13-14,18H,3H2,1H3,(H,11,15,16)/t5?,6-,7?,9+/m0/s1. The molecule has 4 atom stereocenters. The van der Waals surface area contributed by atoms with E-state index in [1.807, 2.05) is 0 Å². The van der Waals surface area contributed by atoms with Crippen LogP contribution in [0.25, 0.3) is 0 Å². The number of rotatable bonds is 2. The van der Waals surface area contributed by atoms with E-state index in [1.165, 1.54) is 10.8 Å². The second-order valence-electron chi connectivity index (χ2n) is 4.21. The Labute approximate surface area is 110 Å². The number of aromatic nitrogens is 2. The topological polar surface area (TPSA) is 105 Å². The molecule has 1 aliphatic rings. The number of aliphatic hydroxyl groups is 2. The maximum absolute atomic E-state index is 11.7. The number of aromatic amines is 1. The summed E-state index contributed by atoms with van der Waals surface area (Å²) in [6, 6.07) is 0. The molecule has 7 nitrogen and oxygen atoms in total. The van der Waals surface area contributed by atoms with E-state index in [9.17, 15) is 14.7 Å². The fourth-order valence-corrected chi connectivity index (χ4v) is 2.74. The third-order valence-electron chi connectivity index (χ3n) is 2.94. The van der Waals surface area contributed by atoms with Gasteiger partial charge < -0.3 is 0 Å². The van der Waals surface area contributed by atoms with Crippen LogP contribution in [0.4, 0.5) is 0 Å². The summed E-state index contributed by atoms with van der Waals surface area (Å²) in [5.41, 5.74) is -0.673. The molecule has 18 heavy (non-hydrogen) atoms. The van der Waals surface area contributed by atoms with Crippen LogP contribution in [0.1, 0.15) is 11.8 Å². The molecule has 0 amide bonds. The van der Waals surface area contributed by atoms with E-state index in [0.717, 1.165) is 0 Å². The van der Waals surface area contributed by atoms with Crippen LogP contribution in [-0.4, -0.2) is 54.6 Å². The number of nitrogens with one attached hydrogen (secondary N) is 1. The molecule has 0 aliphatic carbocycles. The third-order valence-corrected chi connectivity index (χ3v) is 4.11. The average molecular weight is 321 g/mol. The van der Waals surface area contributed by atoms with Crippen LogP contribution in [0.15, 0.2) is 15.8 Å². The van der Waals surface area contributed by atoms with E-state index >= 15 is 0 Å². The maximum atomic E-state index is 11.7. The second-order valence-corrected chi connectivity index (χ2v) is 5.46. The zero-order valence-corrected chi connectivity index (χ0v) is 11.5. The van der Waals surface area contributed by atoms with E-state index in [1.54, 1.807) is 6.92 Å². The van der Waals surface area contributed by atoms with Crippen LogP contribution in [0.3, 0.4) is 0 Å². The van der Waals surface area contributed by atoms with Crippen molar-refractivity contribution in [2.75, 3.05) is 6.61 Å². The van der Waals surface area contributed by atoms with Gasteiger partial charge in [0.1, 0.15) is 0 Å². The number of aryl methyl sites for hydroxylation is 1. The summed E-state index contributed by atoms with van der Waals surface area (Å²) in [7, 11) is 0. The first-order chi connectivity index (χ1) is 8.45. The van der Waals surface area contributed by atoms with Crippen molar-refractivity contribution in [3.8, 4) is 0 Å². The van der Waals surface area contributed by atoms with Crippen LogP contribution < -0.4 is 11.2 Å². The molecule has 0 radical (unpaired) electrons. The molecule has 3 N–H and O–H groups in total. The molecule has 2 unspecified atom stereocenters. The Bertz CT molecular complexity index is 554. The van der Waals surface area contributed by atoms with Gasteiger partial charge in [-0.2, -0.15) is 0 Å². The summed E-state index contributed by atoms with van der Waals surface area (Å²) in [6.07, 6.45) is -0.944. The Hall–Kier alpha value is -0.921. The molecule has 0 saturated carbocycles. The van der Waals surface area contributed by atoms with Crippen molar-refractivity contribution in [3.05, 3.63) is 32.6 Å². The van der Waals surface area contributed by atoms with Crippen molar-refractivity contribution in [3.63, 3.8) is 0 Å². The molecule has 2 heterocycles. The Balaban J connectivity index is 2.42. The monoisotopic (exact) mass is 322 g/mol. The third kappa shape index (κ3) is 2.17. The molecule has 1 aliphatic heterocycles. The molecule has 0 aromatic carbocycles. The zero-order chi connectivity index (χ0) is 13.4. The summed E-state index contributed by atoms with van der Waals surface area (Å²) in [5, 5.41) is 18.9. The second kappa shape index (κ2) is 4.99. The fourth-order valence-electron chi connectivity index (χ4n) is 1.88. The van der Waals surface area contributed by atoms with Gasteiger partial charge in [-0.3, -0.25) is 0 Å². The number of nitrogens with zero attached hydrogens (tertiary/aromatic N) is 1. The van der Waals surface area contributed by atoms with Crippen molar-refractivity contribution >= 4 is 16.0 Å². The van der Waals surface area contributed by atoms with E-state index in [4.69, 9.17) is 9.84 Å². The number of hydrogen-bond acceptors (Lipinski definition) is 5. The molecule has 1 aromatic heterocycles. The minimum absolute atomic E-state index is 0.330. The predicted molar refractivity (Wildman–Crippen MR) is 64.0 cm³/mol. The number of ether oxygens (including phenoxy) is 1. The number of H-pyrrole nitrogens is 1. The predicted octanol–water partition coefficient (Wildman–Crippen LogP) is -2.22. The van der Waals surface area contributed by atoms with Crippen molar-refractivity contribution in [1.29, 1.82) is 0 Å². The van der Waals surface area contributed by atoms with Crippen LogP contribution in [0.5, 0.6) is 0 Å². The molecule has 1 saturated heterocycles. The molecule has 100 valence electrons. The molecule has 1 aromatic rings. The first-order valence-corrected chi connectivity index (χ1v) is 6.48. The summed E-state index contributed by atoms with van der Waals surface area (Å²) in [4.78, 5) is 24.7. The van der Waals surface area contributed by atoms with E-state index in [0.29, 0.717) is 5.56 Å². The molecule has 1 fully saturated rings. The van der Waals surface area contributed by atoms with Gasteiger partial charge >= 0.3 is 110 Å². The molecule has 8 heteroatoms. The van der Waals surface area contributed by atoms with E-state index in [2.05, 4.69) is 21.0 Å². The summed E-state index contributed by atoms with van der Waals surface area (Å²) in [5.74, 6) is 0. The Morgan fingerprint density at radius 3 is 2.78 bits per heavy atom. The Morgan fingerprint density at radius 2 is 2.22 bits per heavy atom. The zero-order valence-electron chi connectivity index (χ0n) is 9.61. The molecule has 0 bridgehead atoms. The quantitative estimate of drug-likeness (QED) is 0.536. The van der Waals surface area contributed by atoms with Gasteiger partial charge in [0, 0.05) is 0 Å².